The van der Waals surface area contributed by atoms with Crippen molar-refractivity contribution in [2.75, 3.05) is 4.90 Å². The normalized spacial score (nSPS) is 14.1. The van der Waals surface area contributed by atoms with Crippen LogP contribution in [-0.2, 0) is 10.8 Å². The second-order valence-electron chi connectivity index (χ2n) is 16.8. The third-order valence-corrected chi connectivity index (χ3v) is 13.4. The lowest BCUT2D eigenvalue weighted by Gasteiger charge is -2.34. The quantitative estimate of drug-likeness (QED) is 0.168. The van der Waals surface area contributed by atoms with Crippen molar-refractivity contribution < 1.29 is 4.42 Å². The number of benzene rings is 9. The number of para-hydroxylation sites is 2. The fraction of sp³-hybridized carbons (Fsp3) is 0.0690. The molecule has 0 amide bonds. The minimum atomic E-state index is -0.466. The van der Waals surface area contributed by atoms with Crippen molar-refractivity contribution in [2.45, 2.75) is 24.7 Å². The molecular weight excluding hydrogens is 727 g/mol. The van der Waals surface area contributed by atoms with Gasteiger partial charge in [-0.15, -0.1) is 0 Å². The molecule has 9 aromatic carbocycles. The van der Waals surface area contributed by atoms with Crippen LogP contribution in [0.1, 0.15) is 47.2 Å². The van der Waals surface area contributed by atoms with Crippen LogP contribution in [0.3, 0.4) is 0 Å². The molecule has 0 unspecified atom stereocenters. The highest BCUT2D eigenvalue weighted by atomic mass is 16.3. The van der Waals surface area contributed by atoms with E-state index in [0.29, 0.717) is 0 Å². The fourth-order valence-electron chi connectivity index (χ4n) is 10.6. The van der Waals surface area contributed by atoms with Gasteiger partial charge < -0.3 is 9.32 Å². The molecule has 0 saturated carbocycles. The Balaban J connectivity index is 1.05. The number of hydrogen-bond acceptors (Lipinski definition) is 2. The molecule has 0 fully saturated rings. The topological polar surface area (TPSA) is 16.4 Å². The van der Waals surface area contributed by atoms with Crippen molar-refractivity contribution in [2.24, 2.45) is 0 Å². The molecule has 12 rings (SSSR count). The zero-order valence-electron chi connectivity index (χ0n) is 33.6. The van der Waals surface area contributed by atoms with Gasteiger partial charge in [-0.3, -0.25) is 0 Å². The first-order chi connectivity index (χ1) is 29.5. The Morgan fingerprint density at radius 3 is 1.65 bits per heavy atom. The molecule has 0 N–H and O–H groups in total. The Hall–Kier alpha value is -7.42. The second kappa shape index (κ2) is 13.0. The summed E-state index contributed by atoms with van der Waals surface area (Å²) in [5.41, 5.74) is 19.8. The zero-order valence-corrected chi connectivity index (χ0v) is 33.6. The third-order valence-electron chi connectivity index (χ3n) is 13.4. The summed E-state index contributed by atoms with van der Waals surface area (Å²) >= 11 is 0. The largest absolute Gasteiger partial charge is 0.455 e. The summed E-state index contributed by atoms with van der Waals surface area (Å²) in [7, 11) is 0. The molecule has 10 aromatic rings. The van der Waals surface area contributed by atoms with E-state index in [0.717, 1.165) is 50.1 Å². The van der Waals surface area contributed by atoms with Crippen molar-refractivity contribution in [1.29, 1.82) is 0 Å². The highest BCUT2D eigenvalue weighted by molar-refractivity contribution is 6.09. The smallest absolute Gasteiger partial charge is 0.143 e. The Bertz CT molecular complexity index is 3250. The number of fused-ring (bicyclic) bond motifs is 9. The van der Waals surface area contributed by atoms with Crippen molar-refractivity contribution in [3.63, 3.8) is 0 Å². The highest BCUT2D eigenvalue weighted by Crippen LogP contribution is 2.57. The number of rotatable bonds is 6. The van der Waals surface area contributed by atoms with Crippen molar-refractivity contribution in [1.82, 2.24) is 0 Å². The number of nitrogens with zero attached hydrogens (tertiary/aromatic N) is 1. The van der Waals surface area contributed by atoms with E-state index in [1.807, 2.05) is 6.07 Å². The van der Waals surface area contributed by atoms with Crippen LogP contribution in [0.5, 0.6) is 0 Å². The van der Waals surface area contributed by atoms with Crippen molar-refractivity contribution in [3.05, 3.63) is 246 Å². The van der Waals surface area contributed by atoms with Gasteiger partial charge in [0.15, 0.2) is 0 Å². The second-order valence-corrected chi connectivity index (χ2v) is 16.8. The van der Waals surface area contributed by atoms with Crippen LogP contribution in [-0.4, -0.2) is 0 Å². The van der Waals surface area contributed by atoms with Gasteiger partial charge >= 0.3 is 0 Å². The molecule has 0 spiro atoms. The van der Waals surface area contributed by atoms with Crippen molar-refractivity contribution >= 4 is 39.0 Å². The molecule has 0 radical (unpaired) electrons. The summed E-state index contributed by atoms with van der Waals surface area (Å²) < 4.78 is 6.56. The van der Waals surface area contributed by atoms with E-state index >= 15 is 0 Å². The minimum Gasteiger partial charge on any atom is -0.455 e. The summed E-state index contributed by atoms with van der Waals surface area (Å²) in [6, 6.07) is 78.0. The minimum absolute atomic E-state index is 0.137. The monoisotopic (exact) mass is 767 g/mol. The van der Waals surface area contributed by atoms with Crippen LogP contribution in [0.4, 0.5) is 17.1 Å². The standard InChI is InChI=1S/C58H41NO/c1-57(2)51-26-10-6-20-45(51)48-35-34-43(37-54(48)57)59(42-19-14-16-38(36-42)44-24-15-25-50-49-23-9-13-29-55(49)60-56(44)50)41-32-30-40(31-33-41)58(39-17-4-3-5-18-39)52-27-11-7-21-46(52)47-22-8-12-28-53(47)58/h3-37H,1-2H3. The van der Waals surface area contributed by atoms with Gasteiger partial charge in [0.05, 0.1) is 5.41 Å². The average molecular weight is 768 g/mol. The van der Waals surface area contributed by atoms with E-state index in [4.69, 9.17) is 4.42 Å². The van der Waals surface area contributed by atoms with Gasteiger partial charge in [0.25, 0.3) is 0 Å². The maximum atomic E-state index is 6.56. The van der Waals surface area contributed by atoms with E-state index < -0.39 is 5.41 Å². The van der Waals surface area contributed by atoms with Gasteiger partial charge in [-0.05, 0) is 104 Å². The van der Waals surface area contributed by atoms with Gasteiger partial charge in [-0.1, -0.05) is 184 Å². The summed E-state index contributed by atoms with van der Waals surface area (Å²) in [5.74, 6) is 0. The average Bonchev–Trinajstić information content (AvgIpc) is 3.91. The van der Waals surface area contributed by atoms with Gasteiger partial charge in [-0.25, -0.2) is 0 Å². The first-order valence-corrected chi connectivity index (χ1v) is 20.9. The van der Waals surface area contributed by atoms with Crippen LogP contribution in [0.25, 0.3) is 55.3 Å². The van der Waals surface area contributed by atoms with Gasteiger partial charge in [0, 0.05) is 38.8 Å². The van der Waals surface area contributed by atoms with Crippen LogP contribution in [0.2, 0.25) is 0 Å². The lowest BCUT2D eigenvalue weighted by atomic mass is 9.68. The predicted molar refractivity (Wildman–Crippen MR) is 249 cm³/mol. The lowest BCUT2D eigenvalue weighted by Crippen LogP contribution is -2.28. The van der Waals surface area contributed by atoms with Crippen LogP contribution >= 0.6 is 0 Å². The van der Waals surface area contributed by atoms with E-state index in [1.54, 1.807) is 0 Å². The summed E-state index contributed by atoms with van der Waals surface area (Å²) in [5, 5.41) is 2.26. The van der Waals surface area contributed by atoms with Gasteiger partial charge in [0.1, 0.15) is 11.2 Å². The van der Waals surface area contributed by atoms with Crippen LogP contribution in [0, 0.1) is 0 Å². The Morgan fingerprint density at radius 1 is 0.367 bits per heavy atom. The van der Waals surface area contributed by atoms with E-state index in [2.05, 4.69) is 225 Å². The first kappa shape index (κ1) is 34.6. The molecule has 0 aliphatic heterocycles. The summed E-state index contributed by atoms with van der Waals surface area (Å²) in [6.45, 7) is 4.71. The maximum Gasteiger partial charge on any atom is 0.143 e. The Labute approximate surface area is 350 Å². The first-order valence-electron chi connectivity index (χ1n) is 20.9. The Kier molecular flexibility index (Phi) is 7.52. The van der Waals surface area contributed by atoms with Crippen LogP contribution < -0.4 is 4.90 Å². The predicted octanol–water partition coefficient (Wildman–Crippen LogP) is 15.4. The lowest BCUT2D eigenvalue weighted by molar-refractivity contribution is 0.660. The molecule has 2 heteroatoms. The third kappa shape index (κ3) is 4.88. The molecule has 0 bridgehead atoms. The van der Waals surface area contributed by atoms with E-state index in [1.165, 1.54) is 55.6 Å². The number of furan rings is 1. The zero-order chi connectivity index (χ0) is 40.0. The number of anilines is 3. The van der Waals surface area contributed by atoms with E-state index in [9.17, 15) is 0 Å². The molecule has 1 aromatic heterocycles. The molecule has 0 saturated heterocycles. The molecular formula is C58H41NO. The van der Waals surface area contributed by atoms with Gasteiger partial charge in [0.2, 0.25) is 0 Å². The molecule has 60 heavy (non-hydrogen) atoms. The maximum absolute atomic E-state index is 6.56. The van der Waals surface area contributed by atoms with E-state index in [-0.39, 0.29) is 5.41 Å². The SMILES string of the molecule is CC1(C)c2ccccc2-c2ccc(N(c3ccc(C4(c5ccccc5)c5ccccc5-c5ccccc54)cc3)c3cccc(-c4cccc5c4oc4ccccc45)c3)cc21. The van der Waals surface area contributed by atoms with Gasteiger partial charge in [-0.2, -0.15) is 0 Å². The summed E-state index contributed by atoms with van der Waals surface area (Å²) in [4.78, 5) is 2.43. The summed E-state index contributed by atoms with van der Waals surface area (Å²) in [6.07, 6.45) is 0. The molecule has 2 nitrogen and oxygen atoms in total. The molecule has 284 valence electrons. The molecule has 0 atom stereocenters. The molecule has 2 aliphatic rings. The fourth-order valence-corrected chi connectivity index (χ4v) is 10.6. The highest BCUT2D eigenvalue weighted by Gasteiger charge is 2.46. The molecule has 2 aliphatic carbocycles. The molecule has 1 heterocycles. The van der Waals surface area contributed by atoms with Crippen LogP contribution in [0.15, 0.2) is 217 Å². The Morgan fingerprint density at radius 2 is 0.900 bits per heavy atom. The van der Waals surface area contributed by atoms with Crippen molar-refractivity contribution in [3.8, 4) is 33.4 Å². The number of hydrogen-bond donors (Lipinski definition) is 0.